The topological polar surface area (TPSA) is 26.0 Å². The molecule has 0 bridgehead atoms. The summed E-state index contributed by atoms with van der Waals surface area (Å²) in [6.45, 7) is 6.71. The first-order valence-corrected chi connectivity index (χ1v) is 7.40. The Morgan fingerprint density at radius 2 is 1.50 bits per heavy atom. The van der Waals surface area contributed by atoms with Gasteiger partial charge in [-0.2, -0.15) is 0 Å². The van der Waals surface area contributed by atoms with Crippen LogP contribution in [0, 0.1) is 12.3 Å². The highest BCUT2D eigenvalue weighted by molar-refractivity contribution is 5.31. The summed E-state index contributed by atoms with van der Waals surface area (Å²) in [6.07, 6.45) is 7.58. The van der Waals surface area contributed by atoms with Crippen molar-refractivity contribution < 1.29 is 0 Å². The molecule has 1 aliphatic carbocycles. The lowest BCUT2D eigenvalue weighted by Gasteiger charge is -2.55. The largest absolute Gasteiger partial charge is 0.321 e. The van der Waals surface area contributed by atoms with Crippen molar-refractivity contribution in [2.45, 2.75) is 64.8 Å². The Labute approximate surface area is 112 Å². The molecule has 1 aromatic carbocycles. The molecule has 0 atom stereocenters. The second kappa shape index (κ2) is 5.05. The Morgan fingerprint density at radius 1 is 1.00 bits per heavy atom. The SMILES string of the molecule is CCCC1(CCC)CC(N)(c2ccc(C)cc2)C1. The standard InChI is InChI=1S/C17H27N/c1-4-10-16(11-5-2)12-17(18,13-16)15-8-6-14(3)7-9-15/h6-9H,4-5,10-13,18H2,1-3H3. The predicted molar refractivity (Wildman–Crippen MR) is 78.5 cm³/mol. The molecule has 0 saturated heterocycles. The average molecular weight is 245 g/mol. The molecule has 1 fully saturated rings. The third kappa shape index (κ3) is 2.47. The normalized spacial score (nSPS) is 20.4. The van der Waals surface area contributed by atoms with Crippen LogP contribution in [0.4, 0.5) is 0 Å². The molecule has 0 radical (unpaired) electrons. The molecule has 18 heavy (non-hydrogen) atoms. The lowest BCUT2D eigenvalue weighted by molar-refractivity contribution is 0.00623. The van der Waals surface area contributed by atoms with Crippen LogP contribution < -0.4 is 5.73 Å². The monoisotopic (exact) mass is 245 g/mol. The summed E-state index contributed by atoms with van der Waals surface area (Å²) in [5.74, 6) is 0. The van der Waals surface area contributed by atoms with Crippen LogP contribution in [-0.2, 0) is 5.54 Å². The van der Waals surface area contributed by atoms with Gasteiger partial charge in [0.25, 0.3) is 0 Å². The summed E-state index contributed by atoms with van der Waals surface area (Å²) >= 11 is 0. The zero-order valence-electron chi connectivity index (χ0n) is 12.1. The van der Waals surface area contributed by atoms with Crippen molar-refractivity contribution in [3.05, 3.63) is 35.4 Å². The number of rotatable bonds is 5. The molecule has 0 aliphatic heterocycles. The van der Waals surface area contributed by atoms with Gasteiger partial charge in [0.1, 0.15) is 0 Å². The van der Waals surface area contributed by atoms with E-state index in [2.05, 4.69) is 45.0 Å². The Bertz CT molecular complexity index is 377. The van der Waals surface area contributed by atoms with Crippen LogP contribution in [0.15, 0.2) is 24.3 Å². The van der Waals surface area contributed by atoms with E-state index < -0.39 is 0 Å². The third-order valence-corrected chi connectivity index (χ3v) is 4.57. The van der Waals surface area contributed by atoms with Crippen molar-refractivity contribution in [3.8, 4) is 0 Å². The molecule has 0 spiro atoms. The van der Waals surface area contributed by atoms with Gasteiger partial charge >= 0.3 is 0 Å². The van der Waals surface area contributed by atoms with Crippen LogP contribution in [0.25, 0.3) is 0 Å². The van der Waals surface area contributed by atoms with Crippen LogP contribution in [0.2, 0.25) is 0 Å². The van der Waals surface area contributed by atoms with Crippen LogP contribution in [-0.4, -0.2) is 0 Å². The summed E-state index contributed by atoms with van der Waals surface area (Å²) in [6, 6.07) is 8.81. The highest BCUT2D eigenvalue weighted by Gasteiger charge is 2.51. The molecular formula is C17H27N. The maximum Gasteiger partial charge on any atom is 0.0420 e. The van der Waals surface area contributed by atoms with Gasteiger partial charge in [0, 0.05) is 5.54 Å². The van der Waals surface area contributed by atoms with Crippen molar-refractivity contribution in [1.29, 1.82) is 0 Å². The van der Waals surface area contributed by atoms with Gasteiger partial charge in [0.15, 0.2) is 0 Å². The van der Waals surface area contributed by atoms with Crippen molar-refractivity contribution in [2.75, 3.05) is 0 Å². The molecule has 0 amide bonds. The minimum Gasteiger partial charge on any atom is -0.321 e. The molecule has 1 nitrogen and oxygen atoms in total. The quantitative estimate of drug-likeness (QED) is 0.810. The van der Waals surface area contributed by atoms with E-state index in [1.807, 2.05) is 0 Å². The molecule has 2 N–H and O–H groups in total. The first-order valence-electron chi connectivity index (χ1n) is 7.40. The van der Waals surface area contributed by atoms with E-state index in [-0.39, 0.29) is 5.54 Å². The van der Waals surface area contributed by atoms with Gasteiger partial charge in [-0.3, -0.25) is 0 Å². The van der Waals surface area contributed by atoms with Crippen molar-refractivity contribution >= 4 is 0 Å². The lowest BCUT2D eigenvalue weighted by atomic mass is 9.52. The molecule has 0 heterocycles. The number of hydrogen-bond acceptors (Lipinski definition) is 1. The van der Waals surface area contributed by atoms with Gasteiger partial charge < -0.3 is 5.73 Å². The zero-order valence-corrected chi connectivity index (χ0v) is 12.1. The van der Waals surface area contributed by atoms with Crippen LogP contribution in [0.1, 0.15) is 63.5 Å². The lowest BCUT2D eigenvalue weighted by Crippen LogP contribution is -2.55. The zero-order chi connectivity index (χ0) is 13.2. The van der Waals surface area contributed by atoms with Gasteiger partial charge in [-0.05, 0) is 43.6 Å². The number of benzene rings is 1. The Morgan fingerprint density at radius 3 is 1.94 bits per heavy atom. The number of hydrogen-bond donors (Lipinski definition) is 1. The van der Waals surface area contributed by atoms with Gasteiger partial charge in [-0.25, -0.2) is 0 Å². The first-order chi connectivity index (χ1) is 8.53. The molecule has 100 valence electrons. The van der Waals surface area contributed by atoms with E-state index in [1.54, 1.807) is 0 Å². The molecular weight excluding hydrogens is 218 g/mol. The summed E-state index contributed by atoms with van der Waals surface area (Å²) in [4.78, 5) is 0. The van der Waals surface area contributed by atoms with E-state index in [0.717, 1.165) is 0 Å². The number of nitrogens with two attached hydrogens (primary N) is 1. The first kappa shape index (κ1) is 13.6. The Hall–Kier alpha value is -0.820. The summed E-state index contributed by atoms with van der Waals surface area (Å²) in [5.41, 5.74) is 9.73. The Kier molecular flexibility index (Phi) is 3.82. The Balaban J connectivity index is 2.10. The molecule has 1 saturated carbocycles. The number of aryl methyl sites for hydroxylation is 1. The highest BCUT2D eigenvalue weighted by atomic mass is 14.8. The molecule has 1 aromatic rings. The fraction of sp³-hybridized carbons (Fsp3) is 0.647. The van der Waals surface area contributed by atoms with E-state index >= 15 is 0 Å². The maximum atomic E-state index is 6.61. The second-order valence-electron chi connectivity index (χ2n) is 6.38. The molecule has 1 heteroatoms. The summed E-state index contributed by atoms with van der Waals surface area (Å²) in [7, 11) is 0. The van der Waals surface area contributed by atoms with Crippen LogP contribution in [0.5, 0.6) is 0 Å². The highest BCUT2D eigenvalue weighted by Crippen LogP contribution is 2.57. The van der Waals surface area contributed by atoms with Crippen LogP contribution >= 0.6 is 0 Å². The predicted octanol–water partition coefficient (Wildman–Crippen LogP) is 4.53. The summed E-state index contributed by atoms with van der Waals surface area (Å²) < 4.78 is 0. The van der Waals surface area contributed by atoms with Gasteiger partial charge in [-0.15, -0.1) is 0 Å². The van der Waals surface area contributed by atoms with Gasteiger partial charge in [-0.1, -0.05) is 56.5 Å². The van der Waals surface area contributed by atoms with Gasteiger partial charge in [0.2, 0.25) is 0 Å². The van der Waals surface area contributed by atoms with E-state index in [0.29, 0.717) is 5.41 Å². The third-order valence-electron chi connectivity index (χ3n) is 4.57. The van der Waals surface area contributed by atoms with Crippen molar-refractivity contribution in [1.82, 2.24) is 0 Å². The average Bonchev–Trinajstić information content (AvgIpc) is 2.28. The van der Waals surface area contributed by atoms with Crippen molar-refractivity contribution in [3.63, 3.8) is 0 Å². The minimum atomic E-state index is -0.0575. The molecule has 0 aromatic heterocycles. The van der Waals surface area contributed by atoms with Crippen LogP contribution in [0.3, 0.4) is 0 Å². The van der Waals surface area contributed by atoms with E-state index in [4.69, 9.17) is 5.73 Å². The molecule has 0 unspecified atom stereocenters. The van der Waals surface area contributed by atoms with E-state index in [9.17, 15) is 0 Å². The van der Waals surface area contributed by atoms with Gasteiger partial charge in [0.05, 0.1) is 0 Å². The smallest absolute Gasteiger partial charge is 0.0420 e. The fourth-order valence-corrected chi connectivity index (χ4v) is 3.92. The maximum absolute atomic E-state index is 6.61. The minimum absolute atomic E-state index is 0.0575. The molecule has 1 aliphatic rings. The fourth-order valence-electron chi connectivity index (χ4n) is 3.92. The van der Waals surface area contributed by atoms with Crippen molar-refractivity contribution in [2.24, 2.45) is 11.1 Å². The van der Waals surface area contributed by atoms with E-state index in [1.165, 1.54) is 49.7 Å². The second-order valence-corrected chi connectivity index (χ2v) is 6.38. The molecule has 2 rings (SSSR count). The summed E-state index contributed by atoms with van der Waals surface area (Å²) in [5, 5.41) is 0.